The van der Waals surface area contributed by atoms with Crippen LogP contribution in [0, 0.1) is 0 Å². The molecule has 1 heterocycles. The van der Waals surface area contributed by atoms with Crippen LogP contribution >= 0.6 is 11.6 Å². The van der Waals surface area contributed by atoms with Crippen LogP contribution in [-0.2, 0) is 0 Å². The maximum atomic E-state index is 5.85. The largest absolute Gasteiger partial charge is 0.278 e. The van der Waals surface area contributed by atoms with E-state index in [1.807, 2.05) is 55.5 Å². The Kier molecular flexibility index (Phi) is 4.11. The number of halogens is 1. The molecule has 0 radical (unpaired) electrons. The van der Waals surface area contributed by atoms with Gasteiger partial charge in [-0.05, 0) is 59.3 Å². The Morgan fingerprint density at radius 1 is 1.18 bits per heavy atom. The molecule has 1 aromatic heterocycles. The summed E-state index contributed by atoms with van der Waals surface area (Å²) in [5.74, 6) is 0. The molecule has 0 unspecified atom stereocenters. The van der Waals surface area contributed by atoms with Crippen LogP contribution in [0.2, 0.25) is 5.02 Å². The highest BCUT2D eigenvalue weighted by atomic mass is 35.5. The fourth-order valence-electron chi connectivity index (χ4n) is 1.89. The molecular formula is C15H13ClN6. The first-order valence-electron chi connectivity index (χ1n) is 6.62. The highest BCUT2D eigenvalue weighted by Gasteiger charge is 2.02. The van der Waals surface area contributed by atoms with Gasteiger partial charge in [-0.3, -0.25) is 5.43 Å². The highest BCUT2D eigenvalue weighted by Crippen LogP contribution is 2.14. The first-order chi connectivity index (χ1) is 10.7. The van der Waals surface area contributed by atoms with Crippen molar-refractivity contribution >= 4 is 23.0 Å². The van der Waals surface area contributed by atoms with Crippen molar-refractivity contribution in [2.45, 2.75) is 6.92 Å². The Morgan fingerprint density at radius 2 is 2.00 bits per heavy atom. The van der Waals surface area contributed by atoms with Crippen LogP contribution in [0.4, 0.5) is 5.69 Å². The minimum absolute atomic E-state index is 0.695. The molecule has 1 N–H and O–H groups in total. The van der Waals surface area contributed by atoms with E-state index in [0.717, 1.165) is 22.6 Å². The van der Waals surface area contributed by atoms with Crippen LogP contribution in [0.25, 0.3) is 5.69 Å². The van der Waals surface area contributed by atoms with Crippen LogP contribution in [-0.4, -0.2) is 25.9 Å². The summed E-state index contributed by atoms with van der Waals surface area (Å²) in [5.41, 5.74) is 6.59. The Balaban J connectivity index is 1.79. The second-order valence-electron chi connectivity index (χ2n) is 4.62. The lowest BCUT2D eigenvalue weighted by molar-refractivity contribution is 0.789. The number of hydrogen-bond acceptors (Lipinski definition) is 5. The number of tetrazole rings is 1. The van der Waals surface area contributed by atoms with Gasteiger partial charge in [0.1, 0.15) is 6.33 Å². The average Bonchev–Trinajstić information content (AvgIpc) is 3.09. The maximum Gasteiger partial charge on any atom is 0.143 e. The minimum atomic E-state index is 0.695. The molecule has 0 aliphatic carbocycles. The molecule has 0 aliphatic rings. The van der Waals surface area contributed by atoms with Crippen molar-refractivity contribution in [2.75, 3.05) is 5.43 Å². The van der Waals surface area contributed by atoms with Crippen LogP contribution < -0.4 is 5.43 Å². The molecular weight excluding hydrogens is 300 g/mol. The smallest absolute Gasteiger partial charge is 0.143 e. The van der Waals surface area contributed by atoms with Crippen LogP contribution in [0.15, 0.2) is 60.0 Å². The van der Waals surface area contributed by atoms with Crippen molar-refractivity contribution in [1.82, 2.24) is 20.2 Å². The van der Waals surface area contributed by atoms with E-state index in [4.69, 9.17) is 11.6 Å². The second kappa shape index (κ2) is 6.36. The van der Waals surface area contributed by atoms with E-state index in [1.54, 1.807) is 11.0 Å². The van der Waals surface area contributed by atoms with E-state index in [0.29, 0.717) is 5.02 Å². The van der Waals surface area contributed by atoms with Crippen molar-refractivity contribution < 1.29 is 0 Å². The number of aromatic nitrogens is 4. The molecule has 0 atom stereocenters. The molecule has 2 aromatic carbocycles. The standard InChI is InChI=1S/C15H13ClN6/c1-11(18-19-14-7-5-13(16)6-8-14)12-3-2-4-15(9-12)22-10-17-20-21-22/h2-10,19H,1H3/b18-11-. The lowest BCUT2D eigenvalue weighted by Gasteiger charge is -2.06. The average molecular weight is 313 g/mol. The molecule has 0 amide bonds. The van der Waals surface area contributed by atoms with Gasteiger partial charge in [-0.1, -0.05) is 23.7 Å². The fraction of sp³-hybridized carbons (Fsp3) is 0.0667. The van der Waals surface area contributed by atoms with Gasteiger partial charge in [-0.15, -0.1) is 5.10 Å². The molecule has 0 fully saturated rings. The van der Waals surface area contributed by atoms with Crippen molar-refractivity contribution in [3.8, 4) is 5.69 Å². The first kappa shape index (κ1) is 14.2. The van der Waals surface area contributed by atoms with Crippen LogP contribution in [0.3, 0.4) is 0 Å². The number of benzene rings is 2. The quantitative estimate of drug-likeness (QED) is 0.593. The zero-order valence-electron chi connectivity index (χ0n) is 11.8. The van der Waals surface area contributed by atoms with Crippen molar-refractivity contribution in [3.63, 3.8) is 0 Å². The second-order valence-corrected chi connectivity index (χ2v) is 5.06. The van der Waals surface area contributed by atoms with Gasteiger partial charge in [0.15, 0.2) is 0 Å². The van der Waals surface area contributed by atoms with Gasteiger partial charge in [0.25, 0.3) is 0 Å². The zero-order chi connectivity index (χ0) is 15.4. The maximum absolute atomic E-state index is 5.85. The van der Waals surface area contributed by atoms with E-state index < -0.39 is 0 Å². The Morgan fingerprint density at radius 3 is 2.73 bits per heavy atom. The van der Waals surface area contributed by atoms with E-state index in [2.05, 4.69) is 26.1 Å². The number of nitrogens with zero attached hydrogens (tertiary/aromatic N) is 5. The molecule has 0 bridgehead atoms. The molecule has 0 saturated heterocycles. The molecule has 6 nitrogen and oxygen atoms in total. The Bertz CT molecular complexity index is 780. The van der Waals surface area contributed by atoms with Gasteiger partial charge in [0.2, 0.25) is 0 Å². The van der Waals surface area contributed by atoms with E-state index in [1.165, 1.54) is 0 Å². The SMILES string of the molecule is C/C(=N/Nc1ccc(Cl)cc1)c1cccc(-n2cnnn2)c1. The van der Waals surface area contributed by atoms with Gasteiger partial charge >= 0.3 is 0 Å². The van der Waals surface area contributed by atoms with E-state index in [-0.39, 0.29) is 0 Å². The summed E-state index contributed by atoms with van der Waals surface area (Å²) in [6, 6.07) is 15.2. The van der Waals surface area contributed by atoms with Gasteiger partial charge in [-0.25, -0.2) is 4.68 Å². The fourth-order valence-corrected chi connectivity index (χ4v) is 2.02. The third kappa shape index (κ3) is 3.29. The van der Waals surface area contributed by atoms with Gasteiger partial charge < -0.3 is 0 Å². The van der Waals surface area contributed by atoms with Gasteiger partial charge in [0.05, 0.1) is 17.1 Å². The first-order valence-corrected chi connectivity index (χ1v) is 7.00. The molecule has 3 rings (SSSR count). The summed E-state index contributed by atoms with van der Waals surface area (Å²) in [6.45, 7) is 1.93. The third-order valence-electron chi connectivity index (χ3n) is 3.07. The normalized spacial score (nSPS) is 11.5. The lowest BCUT2D eigenvalue weighted by atomic mass is 10.1. The molecule has 0 aliphatic heterocycles. The molecule has 0 spiro atoms. The minimum Gasteiger partial charge on any atom is -0.278 e. The molecule has 110 valence electrons. The predicted octanol–water partition coefficient (Wildman–Crippen LogP) is 3.15. The molecule has 0 saturated carbocycles. The molecule has 3 aromatic rings. The molecule has 7 heteroatoms. The summed E-state index contributed by atoms with van der Waals surface area (Å²) in [6.07, 6.45) is 1.55. The summed E-state index contributed by atoms with van der Waals surface area (Å²) in [5, 5.41) is 16.2. The Labute approximate surface area is 132 Å². The highest BCUT2D eigenvalue weighted by molar-refractivity contribution is 6.30. The van der Waals surface area contributed by atoms with E-state index >= 15 is 0 Å². The summed E-state index contributed by atoms with van der Waals surface area (Å²) < 4.78 is 1.60. The summed E-state index contributed by atoms with van der Waals surface area (Å²) in [7, 11) is 0. The molecule has 22 heavy (non-hydrogen) atoms. The predicted molar refractivity (Wildman–Crippen MR) is 86.4 cm³/mol. The monoisotopic (exact) mass is 312 g/mol. The lowest BCUT2D eigenvalue weighted by Crippen LogP contribution is -2.02. The van der Waals surface area contributed by atoms with Gasteiger partial charge in [0, 0.05) is 5.02 Å². The zero-order valence-corrected chi connectivity index (χ0v) is 12.6. The third-order valence-corrected chi connectivity index (χ3v) is 3.33. The topological polar surface area (TPSA) is 68.0 Å². The number of nitrogens with one attached hydrogen (secondary N) is 1. The van der Waals surface area contributed by atoms with E-state index in [9.17, 15) is 0 Å². The number of hydrogen-bond donors (Lipinski definition) is 1. The van der Waals surface area contributed by atoms with Crippen LogP contribution in [0.1, 0.15) is 12.5 Å². The van der Waals surface area contributed by atoms with Gasteiger partial charge in [-0.2, -0.15) is 5.10 Å². The number of hydrazone groups is 1. The van der Waals surface area contributed by atoms with Crippen molar-refractivity contribution in [2.24, 2.45) is 5.10 Å². The summed E-state index contributed by atoms with van der Waals surface area (Å²) >= 11 is 5.85. The number of anilines is 1. The Hall–Kier alpha value is -2.73. The van der Waals surface area contributed by atoms with Crippen molar-refractivity contribution in [1.29, 1.82) is 0 Å². The van der Waals surface area contributed by atoms with Crippen LogP contribution in [0.5, 0.6) is 0 Å². The number of rotatable bonds is 4. The summed E-state index contributed by atoms with van der Waals surface area (Å²) in [4.78, 5) is 0. The van der Waals surface area contributed by atoms with Crippen molar-refractivity contribution in [3.05, 3.63) is 65.4 Å².